The van der Waals surface area contributed by atoms with Crippen molar-refractivity contribution in [2.75, 3.05) is 94.3 Å². The lowest BCUT2D eigenvalue weighted by atomic mass is 9.91. The van der Waals surface area contributed by atoms with E-state index in [2.05, 4.69) is 86.3 Å². The van der Waals surface area contributed by atoms with Crippen LogP contribution in [0.2, 0.25) is 0 Å². The van der Waals surface area contributed by atoms with Gasteiger partial charge in [-0.25, -0.2) is 9.97 Å². The van der Waals surface area contributed by atoms with Gasteiger partial charge in [0.2, 0.25) is 11.8 Å². The number of carbonyl (C=O) groups is 2. The van der Waals surface area contributed by atoms with Crippen LogP contribution in [-0.2, 0) is 14.3 Å². The molecule has 4 N–H and O–H groups in total. The number of thiazole rings is 1. The van der Waals surface area contributed by atoms with Gasteiger partial charge in [-0.3, -0.25) is 19.4 Å². The Morgan fingerprint density at radius 3 is 2.38 bits per heavy atom. The summed E-state index contributed by atoms with van der Waals surface area (Å²) in [6, 6.07) is 23.0. The lowest BCUT2D eigenvalue weighted by Gasteiger charge is -2.43. The Balaban J connectivity index is 0.626. The van der Waals surface area contributed by atoms with Crippen LogP contribution in [0, 0.1) is 24.7 Å². The van der Waals surface area contributed by atoms with Crippen LogP contribution in [0.3, 0.4) is 0 Å². The van der Waals surface area contributed by atoms with Crippen molar-refractivity contribution in [3.8, 4) is 45.2 Å². The van der Waals surface area contributed by atoms with Crippen LogP contribution in [0.15, 0.2) is 89.0 Å². The number of nitrogen functional groups attached to an aromatic ring is 1. The van der Waals surface area contributed by atoms with Crippen molar-refractivity contribution in [1.82, 2.24) is 45.3 Å². The molecule has 8 heterocycles. The van der Waals surface area contributed by atoms with E-state index in [1.807, 2.05) is 69.7 Å². The highest BCUT2D eigenvalue weighted by Gasteiger charge is 2.42. The molecule has 4 aliphatic heterocycles. The first-order chi connectivity index (χ1) is 37.0. The van der Waals surface area contributed by atoms with Crippen LogP contribution >= 0.6 is 11.3 Å². The minimum Gasteiger partial charge on any atom is -0.507 e. The zero-order valence-corrected chi connectivity index (χ0v) is 44.6. The SMILES string of the molecule is Cc1ncsc1-c1ccc(C(C)NC(=O)C2CCCN2C(=O)C(c2cc(OCCN3CCN(CCOCC#Cc4cc(N5C6CCC5CN(c5cc(-c7ccccc7O)nnc5N)C6)ccn4)CC3)no2)C(C)C)cc1. The van der Waals surface area contributed by atoms with Crippen molar-refractivity contribution < 1.29 is 28.7 Å². The number of benzene rings is 2. The van der Waals surface area contributed by atoms with E-state index in [1.54, 1.807) is 34.4 Å². The number of phenolic OH excluding ortho intramolecular Hbond substituents is 1. The minimum atomic E-state index is -0.598. The number of anilines is 3. The molecular weight excluding hydrogens is 981 g/mol. The van der Waals surface area contributed by atoms with E-state index in [4.69, 9.17) is 19.7 Å². The third-order valence-electron chi connectivity index (χ3n) is 15.3. The summed E-state index contributed by atoms with van der Waals surface area (Å²) in [5.74, 6) is 6.76. The van der Waals surface area contributed by atoms with Gasteiger partial charge in [-0.15, -0.1) is 21.5 Å². The van der Waals surface area contributed by atoms with Crippen molar-refractivity contribution in [2.24, 2.45) is 5.92 Å². The summed E-state index contributed by atoms with van der Waals surface area (Å²) < 4.78 is 17.8. The van der Waals surface area contributed by atoms with Crippen molar-refractivity contribution >= 4 is 40.3 Å². The van der Waals surface area contributed by atoms with E-state index < -0.39 is 12.0 Å². The molecule has 2 amide bonds. The highest BCUT2D eigenvalue weighted by atomic mass is 32.1. The molecule has 4 aromatic heterocycles. The molecule has 5 atom stereocenters. The Labute approximate surface area is 448 Å². The van der Waals surface area contributed by atoms with Crippen molar-refractivity contribution in [2.45, 2.75) is 83.5 Å². The molecule has 0 saturated carbocycles. The Bertz CT molecular complexity index is 3010. The van der Waals surface area contributed by atoms with E-state index >= 15 is 0 Å². The molecule has 2 aromatic carbocycles. The summed E-state index contributed by atoms with van der Waals surface area (Å²) in [5, 5.41) is 26.3. The first kappa shape index (κ1) is 52.3. The van der Waals surface area contributed by atoms with E-state index in [0.717, 1.165) is 110 Å². The second-order valence-electron chi connectivity index (χ2n) is 20.6. The molecule has 4 aliphatic rings. The highest BCUT2D eigenvalue weighted by molar-refractivity contribution is 7.13. The maximum atomic E-state index is 14.2. The number of likely N-dealkylation sites (tertiary alicyclic amines) is 1. The quantitative estimate of drug-likeness (QED) is 0.0600. The number of hydrogen-bond donors (Lipinski definition) is 3. The second-order valence-corrected chi connectivity index (χ2v) is 21.5. The number of para-hydroxylation sites is 1. The number of rotatable bonds is 18. The number of ether oxygens (including phenoxy) is 2. The van der Waals surface area contributed by atoms with Gasteiger partial charge in [-0.05, 0) is 98.0 Å². The summed E-state index contributed by atoms with van der Waals surface area (Å²) in [6.45, 7) is 16.6. The summed E-state index contributed by atoms with van der Waals surface area (Å²) in [7, 11) is 0. The maximum absolute atomic E-state index is 14.2. The summed E-state index contributed by atoms with van der Waals surface area (Å²) in [5.41, 5.74) is 15.2. The lowest BCUT2D eigenvalue weighted by molar-refractivity contribution is -0.141. The molecule has 6 aromatic rings. The maximum Gasteiger partial charge on any atom is 0.254 e. The second kappa shape index (κ2) is 23.8. The number of phenols is 1. The molecule has 0 spiro atoms. The van der Waals surface area contributed by atoms with Gasteiger partial charge in [-0.1, -0.05) is 56.2 Å². The van der Waals surface area contributed by atoms with Gasteiger partial charge in [0.25, 0.3) is 5.88 Å². The van der Waals surface area contributed by atoms with Crippen molar-refractivity contribution in [1.29, 1.82) is 0 Å². The largest absolute Gasteiger partial charge is 0.507 e. The number of pyridine rings is 1. The highest BCUT2D eigenvalue weighted by Crippen LogP contribution is 2.39. The Kier molecular flexibility index (Phi) is 16.4. The minimum absolute atomic E-state index is 0.0873. The first-order valence-electron chi connectivity index (χ1n) is 26.6. The van der Waals surface area contributed by atoms with Crippen LogP contribution < -0.4 is 25.6 Å². The fourth-order valence-corrected chi connectivity index (χ4v) is 12.0. The van der Waals surface area contributed by atoms with E-state index in [9.17, 15) is 14.7 Å². The Morgan fingerprint density at radius 1 is 0.908 bits per heavy atom. The van der Waals surface area contributed by atoms with Crippen LogP contribution in [0.5, 0.6) is 11.6 Å². The van der Waals surface area contributed by atoms with E-state index in [1.165, 1.54) is 0 Å². The molecule has 0 aliphatic carbocycles. The van der Waals surface area contributed by atoms with Gasteiger partial charge >= 0.3 is 0 Å². The summed E-state index contributed by atoms with van der Waals surface area (Å²) in [6.07, 6.45) is 5.33. The number of aryl methyl sites for hydroxylation is 1. The van der Waals surface area contributed by atoms with Gasteiger partial charge in [0.05, 0.1) is 40.1 Å². The third kappa shape index (κ3) is 11.9. The predicted molar refractivity (Wildman–Crippen MR) is 293 cm³/mol. The summed E-state index contributed by atoms with van der Waals surface area (Å²) in [4.78, 5) is 49.2. The average Bonchev–Trinajstić information content (AvgIpc) is 4.26. The fourth-order valence-electron chi connectivity index (χ4n) is 11.2. The number of piperazine rings is 2. The normalized spacial score (nSPS) is 19.6. The first-order valence-corrected chi connectivity index (χ1v) is 27.5. The third-order valence-corrected chi connectivity index (χ3v) is 16.3. The monoisotopic (exact) mass is 1050 g/mol. The molecule has 4 fully saturated rings. The Morgan fingerprint density at radius 2 is 1.66 bits per heavy atom. The number of hydrogen-bond acceptors (Lipinski definition) is 17. The van der Waals surface area contributed by atoms with E-state index in [-0.39, 0.29) is 29.5 Å². The topological polar surface area (TPSA) is 205 Å². The molecule has 76 heavy (non-hydrogen) atoms. The smallest absolute Gasteiger partial charge is 0.254 e. The lowest BCUT2D eigenvalue weighted by Crippen LogP contribution is -2.54. The number of fused-ring (bicyclic) bond motifs is 2. The van der Waals surface area contributed by atoms with Crippen LogP contribution in [0.25, 0.3) is 21.7 Å². The van der Waals surface area contributed by atoms with Crippen LogP contribution in [0.1, 0.15) is 81.1 Å². The number of nitrogens with one attached hydrogen (secondary N) is 1. The average molecular weight is 1050 g/mol. The number of amides is 2. The molecule has 10 rings (SSSR count). The summed E-state index contributed by atoms with van der Waals surface area (Å²) >= 11 is 1.61. The standard InChI is InChI=1S/C57H68N12O6S/c1-37(2)53(57(72)68-21-7-11-48(68)56(71)61-38(3)40-13-15-41(16-14-40)54-39(4)60-36-76-54)51-33-52(64-75-51)74-30-27-66-24-22-65(23-25-66)26-29-73-28-8-9-42-31-43(19-20-59-42)69-44-17-18-45(69)35-67(34-44)49-32-47(62-63-55(49)58)46-10-5-6-12-50(46)70/h5-6,10,12-16,19-20,31-33,36-38,44-45,48,53,70H,7,11,17-18,21-30,34-35H2,1-4H3,(H2,58,63)(H,61,71). The number of aromatic hydroxyl groups is 1. The molecule has 2 bridgehead atoms. The fraction of sp³-hybridized carbons (Fsp3) is 0.456. The zero-order chi connectivity index (χ0) is 52.7. The molecule has 19 heteroatoms. The van der Waals surface area contributed by atoms with Crippen molar-refractivity contribution in [3.63, 3.8) is 0 Å². The van der Waals surface area contributed by atoms with Gasteiger partial charge < -0.3 is 44.9 Å². The Hall–Kier alpha value is -7.11. The van der Waals surface area contributed by atoms with Crippen molar-refractivity contribution in [3.05, 3.63) is 107 Å². The zero-order valence-electron chi connectivity index (χ0n) is 43.8. The molecule has 398 valence electrons. The predicted octanol–water partition coefficient (Wildman–Crippen LogP) is 6.78. The van der Waals surface area contributed by atoms with E-state index in [0.29, 0.717) is 73.6 Å². The van der Waals surface area contributed by atoms with Gasteiger partial charge in [0, 0.05) is 94.5 Å². The van der Waals surface area contributed by atoms with Gasteiger partial charge in [0.1, 0.15) is 36.6 Å². The molecule has 0 radical (unpaired) electrons. The number of carbonyl (C=O) groups excluding carboxylic acids is 2. The number of nitrogens with two attached hydrogens (primary N) is 1. The van der Waals surface area contributed by atoms with Gasteiger partial charge in [0.15, 0.2) is 11.6 Å². The van der Waals surface area contributed by atoms with Crippen LogP contribution in [0.4, 0.5) is 17.2 Å². The molecule has 5 unspecified atom stereocenters. The number of nitrogens with zero attached hydrogens (tertiary/aromatic N) is 10. The molecule has 18 nitrogen and oxygen atoms in total. The molecule has 4 saturated heterocycles. The molecular formula is C57H68N12O6S. The van der Waals surface area contributed by atoms with Crippen LogP contribution in [-0.4, -0.2) is 154 Å². The number of aromatic nitrogens is 5. The van der Waals surface area contributed by atoms with Gasteiger partial charge in [-0.2, -0.15) is 0 Å².